The zero-order valence-corrected chi connectivity index (χ0v) is 14.9. The molecule has 7 heteroatoms. The fraction of sp³-hybridized carbons (Fsp3) is 0.294. The Morgan fingerprint density at radius 1 is 1.29 bits per heavy atom. The van der Waals surface area contributed by atoms with E-state index < -0.39 is 11.6 Å². The fourth-order valence-electron chi connectivity index (χ4n) is 1.91. The van der Waals surface area contributed by atoms with Crippen LogP contribution in [0.5, 0.6) is 5.75 Å². The average Bonchev–Trinajstić information content (AvgIpc) is 2.58. The molecule has 0 aliphatic heterocycles. The lowest BCUT2D eigenvalue weighted by molar-refractivity contribution is 0.0462. The van der Waals surface area contributed by atoms with Gasteiger partial charge in [0.05, 0.1) is 24.8 Å². The van der Waals surface area contributed by atoms with Crippen LogP contribution in [0.25, 0.3) is 0 Å². The van der Waals surface area contributed by atoms with Crippen LogP contribution in [0.1, 0.15) is 23.0 Å². The van der Waals surface area contributed by atoms with Gasteiger partial charge in [0.25, 0.3) is 0 Å². The smallest absolute Gasteiger partial charge is 0.380 e. The van der Waals surface area contributed by atoms with Gasteiger partial charge in [-0.3, -0.25) is 0 Å². The van der Waals surface area contributed by atoms with E-state index in [0.717, 1.165) is 5.56 Å². The molecular formula is C17H17BrO6. The maximum absolute atomic E-state index is 11.9. The van der Waals surface area contributed by atoms with Crippen molar-refractivity contribution in [2.24, 2.45) is 0 Å². The number of benzene rings is 1. The Morgan fingerprint density at radius 3 is 2.62 bits per heavy atom. The van der Waals surface area contributed by atoms with Gasteiger partial charge in [-0.05, 0) is 28.4 Å². The molecule has 0 spiro atoms. The minimum absolute atomic E-state index is 0.0153. The van der Waals surface area contributed by atoms with Crippen LogP contribution >= 0.6 is 15.9 Å². The van der Waals surface area contributed by atoms with Crippen molar-refractivity contribution >= 4 is 21.9 Å². The van der Waals surface area contributed by atoms with Crippen LogP contribution in [-0.4, -0.2) is 25.8 Å². The molecule has 0 unspecified atom stereocenters. The Morgan fingerprint density at radius 2 is 2.00 bits per heavy atom. The minimum Gasteiger partial charge on any atom is -0.480 e. The van der Waals surface area contributed by atoms with E-state index in [0.29, 0.717) is 17.7 Å². The van der Waals surface area contributed by atoms with Crippen molar-refractivity contribution in [1.82, 2.24) is 0 Å². The Labute approximate surface area is 147 Å². The van der Waals surface area contributed by atoms with Gasteiger partial charge in [0.2, 0.25) is 11.5 Å². The van der Waals surface area contributed by atoms with Crippen molar-refractivity contribution in [2.75, 3.05) is 13.7 Å². The van der Waals surface area contributed by atoms with Gasteiger partial charge in [0.15, 0.2) is 0 Å². The SMILES string of the molecule is COC(=O)c1cc(Br)c(O[C@@H](C)COCc2ccccc2)c(=O)o1. The molecule has 1 atom stereocenters. The molecule has 2 rings (SSSR count). The Balaban J connectivity index is 1.95. The lowest BCUT2D eigenvalue weighted by Gasteiger charge is -2.15. The van der Waals surface area contributed by atoms with Gasteiger partial charge in [0.1, 0.15) is 6.10 Å². The van der Waals surface area contributed by atoms with E-state index in [-0.39, 0.29) is 17.6 Å². The largest absolute Gasteiger partial charge is 0.480 e. The van der Waals surface area contributed by atoms with Crippen molar-refractivity contribution in [2.45, 2.75) is 19.6 Å². The number of hydrogen-bond donors (Lipinski definition) is 0. The molecule has 0 bridgehead atoms. The van der Waals surface area contributed by atoms with Crippen LogP contribution in [0, 0.1) is 0 Å². The van der Waals surface area contributed by atoms with E-state index in [1.165, 1.54) is 13.2 Å². The summed E-state index contributed by atoms with van der Waals surface area (Å²) in [6, 6.07) is 11.1. The van der Waals surface area contributed by atoms with Crippen molar-refractivity contribution < 1.29 is 23.4 Å². The summed E-state index contributed by atoms with van der Waals surface area (Å²) in [5.41, 5.74) is 0.285. The summed E-state index contributed by atoms with van der Waals surface area (Å²) in [6.45, 7) is 2.51. The molecule has 128 valence electrons. The number of ether oxygens (including phenoxy) is 3. The maximum atomic E-state index is 11.9. The topological polar surface area (TPSA) is 75.0 Å². The molecule has 0 aliphatic carbocycles. The summed E-state index contributed by atoms with van der Waals surface area (Å²) >= 11 is 3.20. The first-order chi connectivity index (χ1) is 11.5. The Hall–Kier alpha value is -2.12. The van der Waals surface area contributed by atoms with E-state index in [4.69, 9.17) is 13.9 Å². The van der Waals surface area contributed by atoms with E-state index in [2.05, 4.69) is 20.7 Å². The number of halogens is 1. The first kappa shape index (κ1) is 18.2. The summed E-state index contributed by atoms with van der Waals surface area (Å²) in [4.78, 5) is 23.3. The van der Waals surface area contributed by atoms with E-state index >= 15 is 0 Å². The standard InChI is InChI=1S/C17H17BrO6/c1-11(9-22-10-12-6-4-3-5-7-12)23-15-13(18)8-14(16(19)21-2)24-17(15)20/h3-8,11H,9-10H2,1-2H3/t11-/m0/s1. The molecule has 1 aromatic heterocycles. The van der Waals surface area contributed by atoms with Gasteiger partial charge < -0.3 is 18.6 Å². The van der Waals surface area contributed by atoms with Gasteiger partial charge in [-0.15, -0.1) is 0 Å². The summed E-state index contributed by atoms with van der Waals surface area (Å²) < 4.78 is 20.8. The highest BCUT2D eigenvalue weighted by molar-refractivity contribution is 9.10. The zero-order valence-electron chi connectivity index (χ0n) is 13.3. The molecule has 1 heterocycles. The molecule has 2 aromatic rings. The van der Waals surface area contributed by atoms with Gasteiger partial charge in [-0.2, -0.15) is 0 Å². The van der Waals surface area contributed by atoms with Gasteiger partial charge >= 0.3 is 11.6 Å². The second kappa shape index (κ2) is 8.65. The van der Waals surface area contributed by atoms with E-state index in [9.17, 15) is 9.59 Å². The van der Waals surface area contributed by atoms with Crippen LogP contribution in [0.3, 0.4) is 0 Å². The number of carbonyl (C=O) groups excluding carboxylic acids is 1. The number of rotatable bonds is 7. The van der Waals surface area contributed by atoms with Crippen LogP contribution in [0.2, 0.25) is 0 Å². The zero-order chi connectivity index (χ0) is 17.5. The molecule has 0 aliphatic rings. The molecule has 0 fully saturated rings. The first-order valence-corrected chi connectivity index (χ1v) is 8.01. The first-order valence-electron chi connectivity index (χ1n) is 7.21. The van der Waals surface area contributed by atoms with Crippen molar-refractivity contribution in [3.8, 4) is 5.75 Å². The number of methoxy groups -OCH3 is 1. The van der Waals surface area contributed by atoms with Crippen molar-refractivity contribution in [3.63, 3.8) is 0 Å². The van der Waals surface area contributed by atoms with Crippen LogP contribution < -0.4 is 10.4 Å². The van der Waals surface area contributed by atoms with Gasteiger partial charge in [-0.1, -0.05) is 30.3 Å². The monoisotopic (exact) mass is 396 g/mol. The van der Waals surface area contributed by atoms with Crippen LogP contribution in [0.4, 0.5) is 0 Å². The molecule has 24 heavy (non-hydrogen) atoms. The molecule has 0 radical (unpaired) electrons. The highest BCUT2D eigenvalue weighted by Crippen LogP contribution is 2.23. The summed E-state index contributed by atoms with van der Waals surface area (Å²) in [5, 5.41) is 0. The number of carbonyl (C=O) groups is 1. The highest BCUT2D eigenvalue weighted by Gasteiger charge is 2.18. The lowest BCUT2D eigenvalue weighted by Crippen LogP contribution is -2.23. The number of hydrogen-bond acceptors (Lipinski definition) is 6. The highest BCUT2D eigenvalue weighted by atomic mass is 79.9. The summed E-state index contributed by atoms with van der Waals surface area (Å²) in [7, 11) is 1.20. The van der Waals surface area contributed by atoms with Crippen molar-refractivity contribution in [3.05, 3.63) is 62.6 Å². The molecule has 1 aromatic carbocycles. The third kappa shape index (κ3) is 4.94. The fourth-order valence-corrected chi connectivity index (χ4v) is 2.37. The summed E-state index contributed by atoms with van der Waals surface area (Å²) in [6.07, 6.45) is -0.378. The summed E-state index contributed by atoms with van der Waals surface area (Å²) in [5.74, 6) is -0.952. The Kier molecular flexibility index (Phi) is 6.57. The van der Waals surface area contributed by atoms with Gasteiger partial charge in [0, 0.05) is 6.07 Å². The molecular weight excluding hydrogens is 380 g/mol. The van der Waals surface area contributed by atoms with Crippen molar-refractivity contribution in [1.29, 1.82) is 0 Å². The van der Waals surface area contributed by atoms with Crippen LogP contribution in [-0.2, 0) is 16.1 Å². The Bertz CT molecular complexity index is 740. The third-order valence-corrected chi connectivity index (χ3v) is 3.62. The van der Waals surface area contributed by atoms with E-state index in [1.54, 1.807) is 6.92 Å². The maximum Gasteiger partial charge on any atom is 0.380 e. The quantitative estimate of drug-likeness (QED) is 0.669. The van der Waals surface area contributed by atoms with Gasteiger partial charge in [-0.25, -0.2) is 9.59 Å². The predicted molar refractivity (Wildman–Crippen MR) is 90.2 cm³/mol. The third-order valence-electron chi connectivity index (χ3n) is 3.03. The second-order valence-corrected chi connectivity index (χ2v) is 5.85. The predicted octanol–water partition coefficient (Wildman–Crippen LogP) is 3.17. The molecule has 0 N–H and O–H groups in total. The molecule has 0 saturated heterocycles. The molecule has 0 amide bonds. The molecule has 6 nitrogen and oxygen atoms in total. The van der Waals surface area contributed by atoms with Crippen LogP contribution in [0.15, 0.2) is 50.1 Å². The number of esters is 1. The normalized spacial score (nSPS) is 11.8. The molecule has 0 saturated carbocycles. The van der Waals surface area contributed by atoms with E-state index in [1.807, 2.05) is 30.3 Å². The second-order valence-electron chi connectivity index (χ2n) is 5.00. The average molecular weight is 397 g/mol. The minimum atomic E-state index is -0.764. The lowest BCUT2D eigenvalue weighted by atomic mass is 10.2.